The third kappa shape index (κ3) is 7.18. The minimum atomic E-state index is -0.317. The number of allylic oxidation sites excluding steroid dienone is 4. The molecular formula is C22H29ClN4O4. The molecule has 0 fully saturated rings. The molecule has 1 aromatic rings. The zero-order valence-corrected chi connectivity index (χ0v) is 18.5. The second kappa shape index (κ2) is 12.2. The quantitative estimate of drug-likeness (QED) is 0.468. The Hall–Kier alpha value is -2.71. The number of hydrogen-bond donors (Lipinski definition) is 2. The van der Waals surface area contributed by atoms with Crippen molar-refractivity contribution in [1.29, 1.82) is 0 Å². The molecule has 2 N–H and O–H groups in total. The number of H-pyrrole nitrogens is 1. The molecule has 0 spiro atoms. The molecule has 0 saturated carbocycles. The van der Waals surface area contributed by atoms with Gasteiger partial charge in [0.25, 0.3) is 5.56 Å². The van der Waals surface area contributed by atoms with Crippen molar-refractivity contribution in [2.45, 2.75) is 32.6 Å². The van der Waals surface area contributed by atoms with Crippen molar-refractivity contribution < 1.29 is 14.2 Å². The van der Waals surface area contributed by atoms with Crippen molar-refractivity contribution in [2.75, 3.05) is 38.1 Å². The highest BCUT2D eigenvalue weighted by atomic mass is 35.5. The molecule has 2 heterocycles. The molecule has 1 aliphatic carbocycles. The molecule has 0 bridgehead atoms. The molecule has 168 valence electrons. The van der Waals surface area contributed by atoms with Crippen LogP contribution in [0.25, 0.3) is 0 Å². The van der Waals surface area contributed by atoms with Crippen LogP contribution in [0.3, 0.4) is 0 Å². The molecule has 0 amide bonds. The van der Waals surface area contributed by atoms with Gasteiger partial charge in [0.1, 0.15) is 18.6 Å². The van der Waals surface area contributed by atoms with Gasteiger partial charge in [-0.3, -0.25) is 9.69 Å². The van der Waals surface area contributed by atoms with Gasteiger partial charge in [0.15, 0.2) is 12.0 Å². The van der Waals surface area contributed by atoms with E-state index in [0.29, 0.717) is 29.8 Å². The maximum atomic E-state index is 11.7. The first-order chi connectivity index (χ1) is 15.2. The number of ether oxygens (including phenoxy) is 3. The van der Waals surface area contributed by atoms with Crippen molar-refractivity contribution in [3.8, 4) is 0 Å². The second-order valence-corrected chi connectivity index (χ2v) is 7.61. The summed E-state index contributed by atoms with van der Waals surface area (Å²) in [5.41, 5.74) is 1.16. The van der Waals surface area contributed by atoms with Crippen LogP contribution in [-0.2, 0) is 14.2 Å². The lowest BCUT2D eigenvalue weighted by Crippen LogP contribution is -2.31. The summed E-state index contributed by atoms with van der Waals surface area (Å²) in [5.74, 6) is 1.09. The molecule has 1 aromatic heterocycles. The fraction of sp³-hybridized carbons (Fsp3) is 0.455. The van der Waals surface area contributed by atoms with Gasteiger partial charge < -0.3 is 19.5 Å². The van der Waals surface area contributed by atoms with Gasteiger partial charge in [-0.1, -0.05) is 36.8 Å². The largest absolute Gasteiger partial charge is 0.462 e. The number of halogens is 1. The Labute approximate surface area is 187 Å². The van der Waals surface area contributed by atoms with Gasteiger partial charge in [-0.25, -0.2) is 5.10 Å². The number of rotatable bonds is 12. The topological polar surface area (TPSA) is 88.7 Å². The average Bonchev–Trinajstić information content (AvgIpc) is 2.79. The van der Waals surface area contributed by atoms with Crippen molar-refractivity contribution in [1.82, 2.24) is 15.1 Å². The predicted molar refractivity (Wildman–Crippen MR) is 120 cm³/mol. The number of hydrogen-bond acceptors (Lipinski definition) is 7. The average molecular weight is 449 g/mol. The highest BCUT2D eigenvalue weighted by molar-refractivity contribution is 6.32. The Kier molecular flexibility index (Phi) is 9.05. The Morgan fingerprint density at radius 3 is 2.90 bits per heavy atom. The zero-order valence-electron chi connectivity index (χ0n) is 17.7. The summed E-state index contributed by atoms with van der Waals surface area (Å²) in [5, 5.41) is 9.44. The van der Waals surface area contributed by atoms with Crippen molar-refractivity contribution >= 4 is 17.3 Å². The first-order valence-corrected chi connectivity index (χ1v) is 11.0. The molecule has 8 nitrogen and oxygen atoms in total. The summed E-state index contributed by atoms with van der Waals surface area (Å²) >= 11 is 6.01. The Morgan fingerprint density at radius 1 is 1.29 bits per heavy atom. The van der Waals surface area contributed by atoms with Gasteiger partial charge in [-0.15, -0.1) is 0 Å². The molecule has 0 atom stereocenters. The number of anilines is 1. The maximum absolute atomic E-state index is 11.7. The molecule has 0 radical (unpaired) electrons. The Balaban J connectivity index is 1.36. The summed E-state index contributed by atoms with van der Waals surface area (Å²) in [6.07, 6.45) is 14.6. The molecule has 0 unspecified atom stereocenters. The fourth-order valence-electron chi connectivity index (χ4n) is 3.29. The van der Waals surface area contributed by atoms with Crippen LogP contribution in [-0.4, -0.2) is 47.9 Å². The van der Waals surface area contributed by atoms with Gasteiger partial charge in [0, 0.05) is 13.1 Å². The minimum absolute atomic E-state index is 0.317. The van der Waals surface area contributed by atoms with Gasteiger partial charge in [-0.05, 0) is 44.3 Å². The monoisotopic (exact) mass is 448 g/mol. The van der Waals surface area contributed by atoms with E-state index in [1.54, 1.807) is 6.26 Å². The number of aromatic nitrogens is 2. The van der Waals surface area contributed by atoms with Crippen molar-refractivity contribution in [3.63, 3.8) is 0 Å². The minimum Gasteiger partial charge on any atom is -0.462 e. The second-order valence-electron chi connectivity index (χ2n) is 7.21. The Bertz CT molecular complexity index is 907. The fourth-order valence-corrected chi connectivity index (χ4v) is 3.49. The lowest BCUT2D eigenvalue weighted by molar-refractivity contribution is 0.0416. The third-order valence-corrected chi connectivity index (χ3v) is 5.14. The normalized spacial score (nSPS) is 15.5. The van der Waals surface area contributed by atoms with E-state index >= 15 is 0 Å². The van der Waals surface area contributed by atoms with Crippen molar-refractivity contribution in [3.05, 3.63) is 69.6 Å². The summed E-state index contributed by atoms with van der Waals surface area (Å²) in [4.78, 5) is 14.1. The SMILES string of the molecule is CCCN(CCCNc1c(Cl)cn[nH]c1=O)CCOC1=COC(C2=CC=CCC2)=CO1. The smallest absolute Gasteiger partial charge is 0.321 e. The molecule has 0 aromatic carbocycles. The number of aromatic amines is 1. The standard InChI is InChI=1S/C22H29ClN4O4/c1-2-10-27(11-6-9-24-21-18(23)14-25-26-22(21)28)12-13-29-20-16-30-19(15-31-20)17-7-4-3-5-8-17/h3-4,7,14-16H,2,5-6,8-13H2,1H3,(H,24,25)(H,26,28). The van der Waals surface area contributed by atoms with Gasteiger partial charge in [-0.2, -0.15) is 5.10 Å². The van der Waals surface area contributed by atoms with Crippen LogP contribution in [0, 0.1) is 0 Å². The third-order valence-electron chi connectivity index (χ3n) is 4.85. The maximum Gasteiger partial charge on any atom is 0.321 e. The van der Waals surface area contributed by atoms with E-state index in [4.69, 9.17) is 25.8 Å². The van der Waals surface area contributed by atoms with Crippen LogP contribution in [0.5, 0.6) is 0 Å². The van der Waals surface area contributed by atoms with Crippen LogP contribution in [0.1, 0.15) is 32.6 Å². The summed E-state index contributed by atoms with van der Waals surface area (Å²) in [6.45, 7) is 5.86. The summed E-state index contributed by atoms with van der Waals surface area (Å²) in [7, 11) is 0. The first-order valence-electron chi connectivity index (χ1n) is 10.6. The van der Waals surface area contributed by atoms with E-state index < -0.39 is 0 Å². The van der Waals surface area contributed by atoms with E-state index in [2.05, 4.69) is 33.4 Å². The van der Waals surface area contributed by atoms with Crippen LogP contribution in [0.2, 0.25) is 5.02 Å². The first kappa shape index (κ1) is 23.0. The van der Waals surface area contributed by atoms with E-state index in [0.717, 1.165) is 56.6 Å². The van der Waals surface area contributed by atoms with Crippen LogP contribution >= 0.6 is 11.6 Å². The lowest BCUT2D eigenvalue weighted by Gasteiger charge is -2.23. The highest BCUT2D eigenvalue weighted by Crippen LogP contribution is 2.25. The molecular weight excluding hydrogens is 420 g/mol. The lowest BCUT2D eigenvalue weighted by atomic mass is 10.0. The van der Waals surface area contributed by atoms with Gasteiger partial charge >= 0.3 is 5.95 Å². The number of nitrogens with one attached hydrogen (secondary N) is 2. The Morgan fingerprint density at radius 2 is 2.19 bits per heavy atom. The number of nitrogens with zero attached hydrogens (tertiary/aromatic N) is 2. The molecule has 9 heteroatoms. The molecule has 2 aliphatic rings. The summed E-state index contributed by atoms with van der Waals surface area (Å²) in [6, 6.07) is 0. The van der Waals surface area contributed by atoms with E-state index in [1.165, 1.54) is 12.5 Å². The van der Waals surface area contributed by atoms with Crippen molar-refractivity contribution in [2.24, 2.45) is 0 Å². The molecule has 0 saturated heterocycles. The van der Waals surface area contributed by atoms with Gasteiger partial charge in [0.05, 0.1) is 11.2 Å². The van der Waals surface area contributed by atoms with Crippen LogP contribution < -0.4 is 10.9 Å². The molecule has 3 rings (SSSR count). The van der Waals surface area contributed by atoms with Crippen LogP contribution in [0.15, 0.2) is 59.0 Å². The molecule has 31 heavy (non-hydrogen) atoms. The van der Waals surface area contributed by atoms with Crippen LogP contribution in [0.4, 0.5) is 5.69 Å². The van der Waals surface area contributed by atoms with E-state index in [9.17, 15) is 4.79 Å². The summed E-state index contributed by atoms with van der Waals surface area (Å²) < 4.78 is 16.9. The van der Waals surface area contributed by atoms with Gasteiger partial charge in [0.2, 0.25) is 0 Å². The van der Waals surface area contributed by atoms with E-state index in [1.807, 2.05) is 12.2 Å². The highest BCUT2D eigenvalue weighted by Gasteiger charge is 2.15. The molecule has 1 aliphatic heterocycles. The van der Waals surface area contributed by atoms with E-state index in [-0.39, 0.29) is 5.56 Å². The zero-order chi connectivity index (χ0) is 21.9. The predicted octanol–water partition coefficient (Wildman–Crippen LogP) is 3.92.